The van der Waals surface area contributed by atoms with E-state index in [9.17, 15) is 0 Å². The van der Waals surface area contributed by atoms with Crippen LogP contribution in [-0.4, -0.2) is 4.98 Å². The molecule has 0 radical (unpaired) electrons. The predicted molar refractivity (Wildman–Crippen MR) is 79.1 cm³/mol. The molecule has 0 aliphatic heterocycles. The van der Waals surface area contributed by atoms with E-state index in [2.05, 4.69) is 42.2 Å². The van der Waals surface area contributed by atoms with Crippen LogP contribution in [0.2, 0.25) is 5.02 Å². The topological polar surface area (TPSA) is 24.9 Å². The molecule has 0 amide bonds. The number of aryl methyl sites for hydroxylation is 1. The lowest BCUT2D eigenvalue weighted by Gasteiger charge is -2.08. The number of anilines is 2. The summed E-state index contributed by atoms with van der Waals surface area (Å²) in [7, 11) is 0. The van der Waals surface area contributed by atoms with Crippen molar-refractivity contribution in [3.05, 3.63) is 50.0 Å². The van der Waals surface area contributed by atoms with Crippen molar-refractivity contribution in [3.8, 4) is 0 Å². The van der Waals surface area contributed by atoms with Crippen molar-refractivity contribution < 1.29 is 0 Å². The molecular formula is C12H9Br2ClN2. The van der Waals surface area contributed by atoms with Crippen LogP contribution in [0.4, 0.5) is 11.5 Å². The molecule has 17 heavy (non-hydrogen) atoms. The number of nitrogens with one attached hydrogen (secondary N) is 1. The Labute approximate surface area is 122 Å². The molecule has 1 aromatic heterocycles. The van der Waals surface area contributed by atoms with Crippen LogP contribution in [-0.2, 0) is 0 Å². The van der Waals surface area contributed by atoms with E-state index in [1.165, 1.54) is 5.56 Å². The number of pyridine rings is 1. The van der Waals surface area contributed by atoms with E-state index in [4.69, 9.17) is 11.6 Å². The van der Waals surface area contributed by atoms with Gasteiger partial charge in [-0.25, -0.2) is 4.98 Å². The van der Waals surface area contributed by atoms with Crippen LogP contribution in [0.5, 0.6) is 0 Å². The number of aromatic nitrogens is 1. The van der Waals surface area contributed by atoms with E-state index in [-0.39, 0.29) is 0 Å². The Morgan fingerprint density at radius 2 is 2.00 bits per heavy atom. The highest BCUT2D eigenvalue weighted by Gasteiger charge is 2.04. The molecule has 0 fully saturated rings. The normalized spacial score (nSPS) is 10.4. The van der Waals surface area contributed by atoms with Crippen LogP contribution < -0.4 is 5.32 Å². The van der Waals surface area contributed by atoms with Crippen molar-refractivity contribution in [2.75, 3.05) is 5.32 Å². The third-order valence-electron chi connectivity index (χ3n) is 2.24. The van der Waals surface area contributed by atoms with Gasteiger partial charge in [0.15, 0.2) is 0 Å². The zero-order valence-electron chi connectivity index (χ0n) is 8.97. The molecule has 0 aliphatic carbocycles. The van der Waals surface area contributed by atoms with E-state index in [0.717, 1.165) is 14.6 Å². The van der Waals surface area contributed by atoms with Crippen molar-refractivity contribution in [2.45, 2.75) is 6.92 Å². The Bertz CT molecular complexity index is 558. The lowest BCUT2D eigenvalue weighted by molar-refractivity contribution is 1.29. The minimum Gasteiger partial charge on any atom is -0.339 e. The summed E-state index contributed by atoms with van der Waals surface area (Å²) in [6.07, 6.45) is 1.71. The molecule has 0 spiro atoms. The minimum atomic E-state index is 0.580. The van der Waals surface area contributed by atoms with Crippen LogP contribution in [0.3, 0.4) is 0 Å². The van der Waals surface area contributed by atoms with Gasteiger partial charge in [-0.2, -0.15) is 0 Å². The van der Waals surface area contributed by atoms with Crippen molar-refractivity contribution in [2.24, 2.45) is 0 Å². The maximum absolute atomic E-state index is 6.08. The number of halogens is 3. The molecule has 2 nitrogen and oxygen atoms in total. The van der Waals surface area contributed by atoms with E-state index in [0.29, 0.717) is 10.8 Å². The average molecular weight is 376 g/mol. The third kappa shape index (κ3) is 3.21. The first-order valence-corrected chi connectivity index (χ1v) is 6.87. The molecule has 0 saturated heterocycles. The first kappa shape index (κ1) is 12.9. The highest BCUT2D eigenvalue weighted by Crippen LogP contribution is 2.28. The summed E-state index contributed by atoms with van der Waals surface area (Å²) < 4.78 is 1.91. The van der Waals surface area contributed by atoms with Gasteiger partial charge in [0.2, 0.25) is 0 Å². The van der Waals surface area contributed by atoms with Crippen molar-refractivity contribution in [3.63, 3.8) is 0 Å². The number of hydrogen-bond donors (Lipinski definition) is 1. The molecule has 0 atom stereocenters. The van der Waals surface area contributed by atoms with E-state index < -0.39 is 0 Å². The van der Waals surface area contributed by atoms with Crippen molar-refractivity contribution >= 4 is 55.0 Å². The molecule has 1 aromatic carbocycles. The van der Waals surface area contributed by atoms with Gasteiger partial charge in [0.1, 0.15) is 5.82 Å². The van der Waals surface area contributed by atoms with Crippen LogP contribution in [0.1, 0.15) is 5.56 Å². The molecule has 0 bridgehead atoms. The first-order valence-electron chi connectivity index (χ1n) is 4.90. The van der Waals surface area contributed by atoms with E-state index >= 15 is 0 Å². The van der Waals surface area contributed by atoms with Crippen LogP contribution >= 0.6 is 43.5 Å². The molecule has 1 N–H and O–H groups in total. The molecule has 0 saturated carbocycles. The van der Waals surface area contributed by atoms with Gasteiger partial charge in [-0.3, -0.25) is 0 Å². The average Bonchev–Trinajstić information content (AvgIpc) is 2.27. The fraction of sp³-hybridized carbons (Fsp3) is 0.0833. The van der Waals surface area contributed by atoms with Gasteiger partial charge in [0, 0.05) is 20.8 Å². The van der Waals surface area contributed by atoms with E-state index in [1.54, 1.807) is 12.3 Å². The zero-order chi connectivity index (χ0) is 12.4. The highest BCUT2D eigenvalue weighted by molar-refractivity contribution is 9.10. The number of nitrogens with zero attached hydrogens (tertiary/aromatic N) is 1. The molecule has 1 heterocycles. The second-order valence-electron chi connectivity index (χ2n) is 3.57. The number of benzene rings is 1. The summed E-state index contributed by atoms with van der Waals surface area (Å²) in [5.41, 5.74) is 2.13. The van der Waals surface area contributed by atoms with Gasteiger partial charge >= 0.3 is 0 Å². The van der Waals surface area contributed by atoms with Gasteiger partial charge in [0.05, 0.1) is 5.02 Å². The lowest BCUT2D eigenvalue weighted by Crippen LogP contribution is -1.94. The quantitative estimate of drug-likeness (QED) is 0.768. The summed E-state index contributed by atoms with van der Waals surface area (Å²) in [6, 6.07) is 7.81. The smallest absolute Gasteiger partial charge is 0.149 e. The Kier molecular flexibility index (Phi) is 4.07. The van der Waals surface area contributed by atoms with Crippen LogP contribution in [0.25, 0.3) is 0 Å². The number of hydrogen-bond acceptors (Lipinski definition) is 2. The highest BCUT2D eigenvalue weighted by atomic mass is 79.9. The molecular weight excluding hydrogens is 367 g/mol. The fourth-order valence-corrected chi connectivity index (χ4v) is 2.37. The SMILES string of the molecule is Cc1ccc(Nc2ncc(Br)cc2Cl)cc1Br. The number of rotatable bonds is 2. The Hall–Kier alpha value is -0.580. The second kappa shape index (κ2) is 5.38. The summed E-state index contributed by atoms with van der Waals surface area (Å²) >= 11 is 12.9. The maximum Gasteiger partial charge on any atom is 0.149 e. The summed E-state index contributed by atoms with van der Waals surface area (Å²) in [5.74, 6) is 0.644. The van der Waals surface area contributed by atoms with Crippen molar-refractivity contribution in [1.29, 1.82) is 0 Å². The predicted octanol–water partition coefficient (Wildman–Crippen LogP) is 5.31. The zero-order valence-corrected chi connectivity index (χ0v) is 12.9. The largest absolute Gasteiger partial charge is 0.339 e. The molecule has 0 aliphatic rings. The monoisotopic (exact) mass is 374 g/mol. The van der Waals surface area contributed by atoms with Gasteiger partial charge in [-0.05, 0) is 46.6 Å². The Morgan fingerprint density at radius 3 is 2.65 bits per heavy atom. The van der Waals surface area contributed by atoms with Crippen molar-refractivity contribution in [1.82, 2.24) is 4.98 Å². The molecule has 2 aromatic rings. The van der Waals surface area contributed by atoms with Gasteiger partial charge in [-0.15, -0.1) is 0 Å². The third-order valence-corrected chi connectivity index (χ3v) is 3.82. The van der Waals surface area contributed by atoms with Gasteiger partial charge in [0.25, 0.3) is 0 Å². The summed E-state index contributed by atoms with van der Waals surface area (Å²) in [4.78, 5) is 4.22. The van der Waals surface area contributed by atoms with Gasteiger partial charge < -0.3 is 5.32 Å². The molecule has 88 valence electrons. The van der Waals surface area contributed by atoms with Crippen LogP contribution in [0.15, 0.2) is 39.4 Å². The summed E-state index contributed by atoms with van der Waals surface area (Å²) in [5, 5.41) is 3.75. The second-order valence-corrected chi connectivity index (χ2v) is 5.75. The Balaban J connectivity index is 2.28. The minimum absolute atomic E-state index is 0.580. The summed E-state index contributed by atoms with van der Waals surface area (Å²) in [6.45, 7) is 2.04. The first-order chi connectivity index (χ1) is 8.06. The molecule has 5 heteroatoms. The van der Waals surface area contributed by atoms with E-state index in [1.807, 2.05) is 25.1 Å². The molecule has 0 unspecified atom stereocenters. The molecule has 2 rings (SSSR count). The maximum atomic E-state index is 6.08. The Morgan fingerprint density at radius 1 is 1.24 bits per heavy atom. The fourth-order valence-electron chi connectivity index (χ4n) is 1.31. The van der Waals surface area contributed by atoms with Crippen LogP contribution in [0, 0.1) is 6.92 Å². The lowest BCUT2D eigenvalue weighted by atomic mass is 10.2. The van der Waals surface area contributed by atoms with Gasteiger partial charge in [-0.1, -0.05) is 33.6 Å². The standard InChI is InChI=1S/C12H9Br2ClN2/c1-7-2-3-9(5-10(7)14)17-12-11(15)4-8(13)6-16-12/h2-6H,1H3,(H,16,17).